The Hall–Kier alpha value is -2.63. The van der Waals surface area contributed by atoms with E-state index in [1.165, 1.54) is 32.1 Å². The van der Waals surface area contributed by atoms with Crippen LogP contribution in [0.5, 0.6) is 0 Å². The Balaban J connectivity index is 1.74. The molecule has 0 saturated heterocycles. The molecule has 0 spiro atoms. The molecule has 0 bridgehead atoms. The van der Waals surface area contributed by atoms with Crippen LogP contribution >= 0.6 is 0 Å². The maximum atomic E-state index is 12.5. The Morgan fingerprint density at radius 1 is 1.04 bits per heavy atom. The number of hydrogen-bond donors (Lipinski definition) is 2. The minimum atomic E-state index is -0.195. The summed E-state index contributed by atoms with van der Waals surface area (Å²) in [5, 5.41) is 0. The second kappa shape index (κ2) is 7.32. The Morgan fingerprint density at radius 3 is 2.46 bits per heavy atom. The predicted octanol–water partition coefficient (Wildman–Crippen LogP) is 3.58. The summed E-state index contributed by atoms with van der Waals surface area (Å²) in [5.74, 6) is 1.49. The zero-order valence-electron chi connectivity index (χ0n) is 14.9. The highest BCUT2D eigenvalue weighted by Crippen LogP contribution is 2.30. The molecular weight excluding hydrogens is 326 g/mol. The summed E-state index contributed by atoms with van der Waals surface area (Å²) in [6.45, 7) is 0.472. The number of fused-ring (bicyclic) bond motifs is 1. The van der Waals surface area contributed by atoms with Gasteiger partial charge in [-0.05, 0) is 18.4 Å². The topological polar surface area (TPSA) is 89.6 Å². The smallest absolute Gasteiger partial charge is 0.328 e. The molecule has 0 radical (unpaired) electrons. The van der Waals surface area contributed by atoms with E-state index in [0.717, 1.165) is 24.2 Å². The van der Waals surface area contributed by atoms with E-state index in [2.05, 4.69) is 9.97 Å². The van der Waals surface area contributed by atoms with Crippen LogP contribution in [0.2, 0.25) is 0 Å². The van der Waals surface area contributed by atoms with Crippen molar-refractivity contribution in [2.75, 3.05) is 5.73 Å². The van der Waals surface area contributed by atoms with Crippen molar-refractivity contribution in [2.45, 2.75) is 57.4 Å². The van der Waals surface area contributed by atoms with Crippen LogP contribution in [-0.2, 0) is 6.54 Å². The lowest BCUT2D eigenvalue weighted by atomic mass is 9.90. The van der Waals surface area contributed by atoms with E-state index in [-0.39, 0.29) is 5.69 Å². The van der Waals surface area contributed by atoms with E-state index in [4.69, 9.17) is 10.7 Å². The minimum Gasteiger partial charge on any atom is -0.382 e. The molecule has 0 amide bonds. The number of benzene rings is 1. The van der Waals surface area contributed by atoms with Crippen molar-refractivity contribution >= 4 is 17.0 Å². The molecule has 1 aliphatic carbocycles. The van der Waals surface area contributed by atoms with Gasteiger partial charge in [0.25, 0.3) is 0 Å². The van der Waals surface area contributed by atoms with Crippen LogP contribution in [0.15, 0.2) is 35.1 Å². The van der Waals surface area contributed by atoms with Crippen LogP contribution in [0.25, 0.3) is 11.2 Å². The second-order valence-electron chi connectivity index (χ2n) is 7.21. The lowest BCUT2D eigenvalue weighted by Crippen LogP contribution is -2.18. The van der Waals surface area contributed by atoms with Crippen molar-refractivity contribution in [1.29, 1.82) is 0 Å². The van der Waals surface area contributed by atoms with Crippen LogP contribution in [-0.4, -0.2) is 19.5 Å². The van der Waals surface area contributed by atoms with Gasteiger partial charge in [0.1, 0.15) is 11.3 Å². The first-order valence-corrected chi connectivity index (χ1v) is 9.52. The van der Waals surface area contributed by atoms with Gasteiger partial charge < -0.3 is 10.7 Å². The lowest BCUT2D eigenvalue weighted by molar-refractivity contribution is 0.443. The van der Waals surface area contributed by atoms with Crippen molar-refractivity contribution in [3.63, 3.8) is 0 Å². The molecule has 26 heavy (non-hydrogen) atoms. The lowest BCUT2D eigenvalue weighted by Gasteiger charge is -2.18. The molecule has 0 aliphatic heterocycles. The van der Waals surface area contributed by atoms with Gasteiger partial charge in [0.15, 0.2) is 11.5 Å². The molecular formula is C20H25N5O. The van der Waals surface area contributed by atoms with Gasteiger partial charge in [0.2, 0.25) is 0 Å². The molecule has 0 unspecified atom stereocenters. The highest BCUT2D eigenvalue weighted by molar-refractivity contribution is 5.81. The van der Waals surface area contributed by atoms with Crippen molar-refractivity contribution in [3.8, 4) is 0 Å². The molecule has 1 fully saturated rings. The first-order valence-electron chi connectivity index (χ1n) is 9.52. The number of hydrogen-bond acceptors (Lipinski definition) is 4. The molecule has 4 rings (SSSR count). The highest BCUT2D eigenvalue weighted by atomic mass is 16.1. The van der Waals surface area contributed by atoms with E-state index in [9.17, 15) is 4.79 Å². The Morgan fingerprint density at radius 2 is 1.73 bits per heavy atom. The van der Waals surface area contributed by atoms with Gasteiger partial charge in [-0.1, -0.05) is 62.4 Å². The summed E-state index contributed by atoms with van der Waals surface area (Å²) < 4.78 is 1.66. The third-order valence-electron chi connectivity index (χ3n) is 5.32. The van der Waals surface area contributed by atoms with Crippen molar-refractivity contribution in [1.82, 2.24) is 19.5 Å². The van der Waals surface area contributed by atoms with Crippen molar-refractivity contribution in [3.05, 3.63) is 52.2 Å². The van der Waals surface area contributed by atoms with Crippen LogP contribution in [0.1, 0.15) is 62.3 Å². The standard InChI is InChI=1S/C20H25N5O/c21-17-16-19(24-18(23-17)15-11-7-2-1-3-8-12-15)25(20(26)22-16)13-14-9-5-4-6-10-14/h4-6,9-10,15H,1-3,7-8,11-13H2,(H,22,26)(H2,21,23,24). The Kier molecular flexibility index (Phi) is 4.73. The normalized spacial score (nSPS) is 16.5. The van der Waals surface area contributed by atoms with E-state index in [1.807, 2.05) is 30.3 Å². The molecule has 2 aromatic heterocycles. The van der Waals surface area contributed by atoms with Gasteiger partial charge in [-0.2, -0.15) is 0 Å². The fraction of sp³-hybridized carbons (Fsp3) is 0.450. The molecule has 1 saturated carbocycles. The molecule has 1 aliphatic rings. The monoisotopic (exact) mass is 351 g/mol. The summed E-state index contributed by atoms with van der Waals surface area (Å²) in [4.78, 5) is 24.6. The number of aromatic amines is 1. The van der Waals surface area contributed by atoms with Gasteiger partial charge in [0, 0.05) is 5.92 Å². The number of aromatic nitrogens is 4. The number of rotatable bonds is 3. The van der Waals surface area contributed by atoms with Crippen LogP contribution in [0.3, 0.4) is 0 Å². The molecule has 6 heteroatoms. The first-order chi connectivity index (χ1) is 12.7. The molecule has 3 N–H and O–H groups in total. The number of anilines is 1. The molecule has 1 aromatic carbocycles. The van der Waals surface area contributed by atoms with Gasteiger partial charge in [-0.3, -0.25) is 4.57 Å². The quantitative estimate of drug-likeness (QED) is 0.755. The second-order valence-corrected chi connectivity index (χ2v) is 7.21. The fourth-order valence-corrected chi connectivity index (χ4v) is 3.88. The summed E-state index contributed by atoms with van der Waals surface area (Å²) in [5.41, 5.74) is 8.19. The third kappa shape index (κ3) is 3.36. The summed E-state index contributed by atoms with van der Waals surface area (Å²) >= 11 is 0. The average Bonchev–Trinajstić information content (AvgIpc) is 2.92. The van der Waals surface area contributed by atoms with E-state index in [1.54, 1.807) is 4.57 Å². The number of nitrogen functional groups attached to an aromatic ring is 1. The van der Waals surface area contributed by atoms with Crippen molar-refractivity contribution < 1.29 is 0 Å². The van der Waals surface area contributed by atoms with Gasteiger partial charge >= 0.3 is 5.69 Å². The zero-order valence-corrected chi connectivity index (χ0v) is 14.9. The molecule has 136 valence electrons. The molecule has 2 heterocycles. The summed E-state index contributed by atoms with van der Waals surface area (Å²) in [7, 11) is 0. The zero-order chi connectivity index (χ0) is 17.9. The molecule has 3 aromatic rings. The number of H-pyrrole nitrogens is 1. The fourth-order valence-electron chi connectivity index (χ4n) is 3.88. The van der Waals surface area contributed by atoms with E-state index in [0.29, 0.717) is 29.4 Å². The van der Waals surface area contributed by atoms with E-state index < -0.39 is 0 Å². The minimum absolute atomic E-state index is 0.195. The number of nitrogens with zero attached hydrogens (tertiary/aromatic N) is 3. The first kappa shape index (κ1) is 16.8. The molecule has 6 nitrogen and oxygen atoms in total. The predicted molar refractivity (Wildman–Crippen MR) is 103 cm³/mol. The van der Waals surface area contributed by atoms with E-state index >= 15 is 0 Å². The largest absolute Gasteiger partial charge is 0.382 e. The molecule has 0 atom stereocenters. The van der Waals surface area contributed by atoms with Crippen LogP contribution in [0, 0.1) is 0 Å². The average molecular weight is 351 g/mol. The maximum Gasteiger partial charge on any atom is 0.328 e. The summed E-state index contributed by atoms with van der Waals surface area (Å²) in [6, 6.07) is 9.92. The van der Waals surface area contributed by atoms with Crippen LogP contribution < -0.4 is 11.4 Å². The SMILES string of the molecule is Nc1nc(C2CCCCCCC2)nc2c1[nH]c(=O)n2Cc1ccccc1. The van der Waals surface area contributed by atoms with Gasteiger partial charge in [-0.25, -0.2) is 14.8 Å². The van der Waals surface area contributed by atoms with Crippen molar-refractivity contribution in [2.24, 2.45) is 0 Å². The maximum absolute atomic E-state index is 12.5. The third-order valence-corrected chi connectivity index (χ3v) is 5.32. The number of nitrogens with two attached hydrogens (primary N) is 1. The van der Waals surface area contributed by atoms with Gasteiger partial charge in [0.05, 0.1) is 6.54 Å². The highest BCUT2D eigenvalue weighted by Gasteiger charge is 2.20. The summed E-state index contributed by atoms with van der Waals surface area (Å²) in [6.07, 6.45) is 8.47. The van der Waals surface area contributed by atoms with Gasteiger partial charge in [-0.15, -0.1) is 0 Å². The Labute approximate surface area is 152 Å². The van der Waals surface area contributed by atoms with Crippen LogP contribution in [0.4, 0.5) is 5.82 Å². The number of nitrogens with one attached hydrogen (secondary N) is 1. The number of imidazole rings is 1. The Bertz CT molecular complexity index is 936.